The molecular formula is C16H21ClN4OS. The molecule has 0 spiro atoms. The Morgan fingerprint density at radius 1 is 1.35 bits per heavy atom. The van der Waals surface area contributed by atoms with Gasteiger partial charge in [-0.05, 0) is 56.2 Å². The Morgan fingerprint density at radius 2 is 2.09 bits per heavy atom. The molecule has 124 valence electrons. The minimum atomic E-state index is -0.248. The summed E-state index contributed by atoms with van der Waals surface area (Å²) in [6.45, 7) is 5.08. The van der Waals surface area contributed by atoms with E-state index in [4.69, 9.17) is 28.9 Å². The third-order valence-electron chi connectivity index (χ3n) is 4.16. The van der Waals surface area contributed by atoms with Gasteiger partial charge in [0.2, 0.25) is 0 Å². The van der Waals surface area contributed by atoms with Crippen LogP contribution in [0.3, 0.4) is 0 Å². The number of benzene rings is 1. The van der Waals surface area contributed by atoms with Crippen LogP contribution in [-0.2, 0) is 13.2 Å². The summed E-state index contributed by atoms with van der Waals surface area (Å²) in [4.78, 5) is 2.20. The molecule has 1 aromatic carbocycles. The van der Waals surface area contributed by atoms with Gasteiger partial charge in [-0.2, -0.15) is 5.10 Å². The van der Waals surface area contributed by atoms with Crippen molar-refractivity contribution in [3.63, 3.8) is 0 Å². The van der Waals surface area contributed by atoms with Crippen molar-refractivity contribution in [2.45, 2.75) is 39.1 Å². The monoisotopic (exact) mass is 352 g/mol. The highest BCUT2D eigenvalue weighted by atomic mass is 35.5. The molecule has 0 aliphatic carbocycles. The minimum Gasteiger partial charge on any atom is -0.392 e. The fourth-order valence-corrected chi connectivity index (χ4v) is 3.42. The van der Waals surface area contributed by atoms with Gasteiger partial charge in [0, 0.05) is 30.2 Å². The summed E-state index contributed by atoms with van der Waals surface area (Å²) < 4.78 is 4.58. The van der Waals surface area contributed by atoms with Crippen LogP contribution in [0.1, 0.15) is 19.8 Å². The number of rotatable bonds is 4. The third-order valence-corrected chi connectivity index (χ3v) is 4.84. The number of β-amino-alcohol motifs (C(OH)–C–C–N with tert-alkyl or cyclic N) is 1. The minimum absolute atomic E-state index is 0.248. The zero-order valence-corrected chi connectivity index (χ0v) is 14.7. The molecule has 1 aliphatic rings. The van der Waals surface area contributed by atoms with Crippen LogP contribution < -0.4 is 0 Å². The number of aliphatic hydroxyl groups is 1. The molecule has 0 amide bonds. The molecule has 0 bridgehead atoms. The van der Waals surface area contributed by atoms with Crippen LogP contribution in [0.2, 0.25) is 5.02 Å². The quantitative estimate of drug-likeness (QED) is 0.858. The molecule has 1 atom stereocenters. The number of hydrogen-bond donors (Lipinski definition) is 1. The van der Waals surface area contributed by atoms with Gasteiger partial charge in [-0.3, -0.25) is 4.90 Å². The molecular weight excluding hydrogens is 332 g/mol. The molecule has 0 unspecified atom stereocenters. The van der Waals surface area contributed by atoms with Crippen LogP contribution in [0.5, 0.6) is 0 Å². The van der Waals surface area contributed by atoms with Crippen LogP contribution in [-0.4, -0.2) is 43.5 Å². The lowest BCUT2D eigenvalue weighted by Crippen LogP contribution is -2.39. The second-order valence-corrected chi connectivity index (χ2v) is 6.67. The van der Waals surface area contributed by atoms with Crippen LogP contribution in [0.25, 0.3) is 11.4 Å². The number of aliphatic hydroxyl groups excluding tert-OH is 1. The Labute approximate surface area is 146 Å². The first-order valence-electron chi connectivity index (χ1n) is 7.92. The number of nitrogens with zero attached hydrogens (tertiary/aromatic N) is 4. The van der Waals surface area contributed by atoms with E-state index in [-0.39, 0.29) is 6.10 Å². The first kappa shape index (κ1) is 16.6. The standard InChI is InChI=1S/C16H21ClN4OS/c1-2-20-15(12-5-7-13(17)8-6-12)18-21(16(20)23)11-19-9-3-4-14(22)10-19/h5-8,14,22H,2-4,9-11H2,1H3/t14-/m0/s1. The summed E-state index contributed by atoms with van der Waals surface area (Å²) in [6.07, 6.45) is 1.64. The summed E-state index contributed by atoms with van der Waals surface area (Å²) in [6, 6.07) is 7.64. The predicted molar refractivity (Wildman–Crippen MR) is 94.0 cm³/mol. The Morgan fingerprint density at radius 3 is 2.74 bits per heavy atom. The molecule has 1 N–H and O–H groups in total. The molecule has 1 saturated heterocycles. The first-order chi connectivity index (χ1) is 11.1. The highest BCUT2D eigenvalue weighted by Gasteiger charge is 2.19. The Balaban J connectivity index is 1.90. The Hall–Kier alpha value is -1.21. The van der Waals surface area contributed by atoms with E-state index in [0.29, 0.717) is 23.0 Å². The maximum absolute atomic E-state index is 9.82. The smallest absolute Gasteiger partial charge is 0.199 e. The number of hydrogen-bond acceptors (Lipinski definition) is 4. The first-order valence-corrected chi connectivity index (χ1v) is 8.71. The number of piperidine rings is 1. The number of likely N-dealkylation sites (tertiary alicyclic amines) is 1. The van der Waals surface area contributed by atoms with E-state index in [1.165, 1.54) is 0 Å². The van der Waals surface area contributed by atoms with Gasteiger partial charge in [0.15, 0.2) is 10.6 Å². The molecule has 7 heteroatoms. The predicted octanol–water partition coefficient (Wildman–Crippen LogP) is 3.17. The largest absolute Gasteiger partial charge is 0.392 e. The van der Waals surface area contributed by atoms with E-state index < -0.39 is 0 Å². The molecule has 2 aromatic rings. The SMILES string of the molecule is CCn1c(-c2ccc(Cl)cc2)nn(CN2CCC[C@H](O)C2)c1=S. The lowest BCUT2D eigenvalue weighted by atomic mass is 10.1. The van der Waals surface area contributed by atoms with E-state index in [2.05, 4.69) is 11.8 Å². The normalized spacial score (nSPS) is 19.2. The molecule has 0 saturated carbocycles. The molecule has 0 radical (unpaired) electrons. The zero-order valence-electron chi connectivity index (χ0n) is 13.2. The number of aromatic nitrogens is 3. The van der Waals surface area contributed by atoms with Gasteiger partial charge in [0.05, 0.1) is 12.8 Å². The summed E-state index contributed by atoms with van der Waals surface area (Å²) in [5, 5.41) is 15.2. The summed E-state index contributed by atoms with van der Waals surface area (Å²) in [7, 11) is 0. The van der Waals surface area contributed by atoms with E-state index in [1.807, 2.05) is 33.5 Å². The summed E-state index contributed by atoms with van der Waals surface area (Å²) in [5.41, 5.74) is 1.000. The molecule has 1 aromatic heterocycles. The second-order valence-electron chi connectivity index (χ2n) is 5.87. The summed E-state index contributed by atoms with van der Waals surface area (Å²) >= 11 is 11.6. The molecule has 1 fully saturated rings. The van der Waals surface area contributed by atoms with Crippen molar-refractivity contribution >= 4 is 23.8 Å². The molecule has 3 rings (SSSR count). The van der Waals surface area contributed by atoms with Gasteiger partial charge in [-0.15, -0.1) is 0 Å². The van der Waals surface area contributed by atoms with Crippen molar-refractivity contribution in [3.8, 4) is 11.4 Å². The van der Waals surface area contributed by atoms with Crippen LogP contribution in [0.15, 0.2) is 24.3 Å². The molecule has 1 aliphatic heterocycles. The van der Waals surface area contributed by atoms with Crippen molar-refractivity contribution in [2.75, 3.05) is 13.1 Å². The molecule has 5 nitrogen and oxygen atoms in total. The average molecular weight is 353 g/mol. The van der Waals surface area contributed by atoms with Crippen LogP contribution in [0, 0.1) is 4.77 Å². The van der Waals surface area contributed by atoms with Crippen molar-refractivity contribution in [1.29, 1.82) is 0 Å². The fraction of sp³-hybridized carbons (Fsp3) is 0.500. The lowest BCUT2D eigenvalue weighted by Gasteiger charge is -2.29. The lowest BCUT2D eigenvalue weighted by molar-refractivity contribution is 0.0513. The maximum atomic E-state index is 9.82. The topological polar surface area (TPSA) is 46.2 Å². The van der Waals surface area contributed by atoms with E-state index in [1.54, 1.807) is 0 Å². The Kier molecular flexibility index (Phi) is 5.16. The van der Waals surface area contributed by atoms with Crippen LogP contribution >= 0.6 is 23.8 Å². The van der Waals surface area contributed by atoms with Gasteiger partial charge in [0.25, 0.3) is 0 Å². The van der Waals surface area contributed by atoms with E-state index in [9.17, 15) is 5.11 Å². The second kappa shape index (κ2) is 7.13. The summed E-state index contributed by atoms with van der Waals surface area (Å²) in [5.74, 6) is 0.853. The average Bonchev–Trinajstić information content (AvgIpc) is 2.84. The Bertz CT molecular complexity index is 725. The number of halogens is 1. The van der Waals surface area contributed by atoms with E-state index in [0.717, 1.165) is 37.3 Å². The van der Waals surface area contributed by atoms with Crippen molar-refractivity contribution in [3.05, 3.63) is 34.1 Å². The highest BCUT2D eigenvalue weighted by molar-refractivity contribution is 7.71. The van der Waals surface area contributed by atoms with Crippen LogP contribution in [0.4, 0.5) is 0 Å². The molecule has 23 heavy (non-hydrogen) atoms. The van der Waals surface area contributed by atoms with Gasteiger partial charge in [0.1, 0.15) is 0 Å². The molecule has 2 heterocycles. The van der Waals surface area contributed by atoms with Gasteiger partial charge >= 0.3 is 0 Å². The maximum Gasteiger partial charge on any atom is 0.199 e. The highest BCUT2D eigenvalue weighted by Crippen LogP contribution is 2.21. The zero-order chi connectivity index (χ0) is 16.4. The van der Waals surface area contributed by atoms with E-state index >= 15 is 0 Å². The van der Waals surface area contributed by atoms with Crippen molar-refractivity contribution in [1.82, 2.24) is 19.2 Å². The van der Waals surface area contributed by atoms with Gasteiger partial charge in [-0.25, -0.2) is 4.68 Å². The fourth-order valence-electron chi connectivity index (χ4n) is 2.98. The van der Waals surface area contributed by atoms with Gasteiger partial charge < -0.3 is 9.67 Å². The van der Waals surface area contributed by atoms with Crippen molar-refractivity contribution in [2.24, 2.45) is 0 Å². The van der Waals surface area contributed by atoms with Crippen molar-refractivity contribution < 1.29 is 5.11 Å². The third kappa shape index (κ3) is 3.66. The van der Waals surface area contributed by atoms with Gasteiger partial charge in [-0.1, -0.05) is 11.6 Å².